The maximum atomic E-state index is 12.1. The minimum Gasteiger partial charge on any atom is -0.339 e. The molecule has 0 bridgehead atoms. The van der Waals surface area contributed by atoms with Crippen molar-refractivity contribution in [2.45, 2.75) is 45.6 Å². The van der Waals surface area contributed by atoms with Crippen LogP contribution in [-0.2, 0) is 4.79 Å². The van der Waals surface area contributed by atoms with Crippen molar-refractivity contribution in [3.8, 4) is 0 Å². The first-order chi connectivity index (χ1) is 8.19. The fourth-order valence-corrected chi connectivity index (χ4v) is 2.29. The Labute approximate surface area is 105 Å². The normalized spacial score (nSPS) is 19.4. The third kappa shape index (κ3) is 4.64. The zero-order valence-corrected chi connectivity index (χ0v) is 11.3. The molecular formula is C13H27N3O. The minimum atomic E-state index is -0.285. The van der Waals surface area contributed by atoms with Crippen LogP contribution in [0.1, 0.15) is 39.5 Å². The maximum Gasteiger partial charge on any atom is 0.239 e. The van der Waals surface area contributed by atoms with Crippen molar-refractivity contribution < 1.29 is 4.79 Å². The van der Waals surface area contributed by atoms with E-state index < -0.39 is 0 Å². The van der Waals surface area contributed by atoms with E-state index in [1.165, 1.54) is 6.42 Å². The van der Waals surface area contributed by atoms with Crippen molar-refractivity contribution in [2.24, 2.45) is 5.73 Å². The number of nitrogens with two attached hydrogens (primary N) is 1. The van der Waals surface area contributed by atoms with E-state index >= 15 is 0 Å². The monoisotopic (exact) mass is 241 g/mol. The van der Waals surface area contributed by atoms with Gasteiger partial charge in [0.2, 0.25) is 5.91 Å². The molecule has 1 heterocycles. The molecule has 0 spiro atoms. The van der Waals surface area contributed by atoms with Crippen molar-refractivity contribution in [2.75, 3.05) is 32.7 Å². The Morgan fingerprint density at radius 2 is 1.82 bits per heavy atom. The van der Waals surface area contributed by atoms with E-state index in [9.17, 15) is 4.79 Å². The molecule has 1 aliphatic rings. The Morgan fingerprint density at radius 3 is 2.35 bits per heavy atom. The van der Waals surface area contributed by atoms with E-state index in [0.717, 1.165) is 52.0 Å². The summed E-state index contributed by atoms with van der Waals surface area (Å²) in [4.78, 5) is 16.4. The van der Waals surface area contributed by atoms with E-state index in [1.807, 2.05) is 4.90 Å². The van der Waals surface area contributed by atoms with Crippen LogP contribution in [0.4, 0.5) is 0 Å². The molecule has 0 saturated carbocycles. The Morgan fingerprint density at radius 1 is 1.18 bits per heavy atom. The first-order valence-electron chi connectivity index (χ1n) is 6.95. The summed E-state index contributed by atoms with van der Waals surface area (Å²) < 4.78 is 0. The molecule has 2 N–H and O–H groups in total. The predicted octanol–water partition coefficient (Wildman–Crippen LogP) is 1.06. The summed E-state index contributed by atoms with van der Waals surface area (Å²) in [7, 11) is 0. The lowest BCUT2D eigenvalue weighted by atomic mass is 10.1. The van der Waals surface area contributed by atoms with E-state index in [1.54, 1.807) is 0 Å². The summed E-state index contributed by atoms with van der Waals surface area (Å²) in [5.74, 6) is 0.148. The molecule has 1 unspecified atom stereocenters. The number of amides is 1. The van der Waals surface area contributed by atoms with E-state index in [4.69, 9.17) is 5.73 Å². The number of piperazine rings is 1. The van der Waals surface area contributed by atoms with Crippen LogP contribution in [0.15, 0.2) is 0 Å². The summed E-state index contributed by atoms with van der Waals surface area (Å²) in [6.45, 7) is 9.15. The van der Waals surface area contributed by atoms with Gasteiger partial charge in [-0.2, -0.15) is 0 Å². The highest BCUT2D eigenvalue weighted by atomic mass is 16.2. The number of nitrogens with zero attached hydrogens (tertiary/aromatic N) is 2. The van der Waals surface area contributed by atoms with Gasteiger partial charge in [0.15, 0.2) is 0 Å². The van der Waals surface area contributed by atoms with E-state index in [-0.39, 0.29) is 11.9 Å². The summed E-state index contributed by atoms with van der Waals surface area (Å²) >= 11 is 0. The fraction of sp³-hybridized carbons (Fsp3) is 0.923. The Kier molecular flexibility index (Phi) is 6.52. The molecule has 100 valence electrons. The lowest BCUT2D eigenvalue weighted by molar-refractivity contribution is -0.134. The van der Waals surface area contributed by atoms with Crippen LogP contribution in [0.5, 0.6) is 0 Å². The van der Waals surface area contributed by atoms with Gasteiger partial charge < -0.3 is 10.6 Å². The fourth-order valence-electron chi connectivity index (χ4n) is 2.29. The topological polar surface area (TPSA) is 49.6 Å². The van der Waals surface area contributed by atoms with Crippen LogP contribution in [0.25, 0.3) is 0 Å². The second-order valence-electron chi connectivity index (χ2n) is 4.92. The average molecular weight is 241 g/mol. The highest BCUT2D eigenvalue weighted by Crippen LogP contribution is 2.07. The van der Waals surface area contributed by atoms with Gasteiger partial charge in [-0.25, -0.2) is 0 Å². The van der Waals surface area contributed by atoms with E-state index in [0.29, 0.717) is 0 Å². The number of carbonyl (C=O) groups is 1. The smallest absolute Gasteiger partial charge is 0.239 e. The molecule has 0 aromatic heterocycles. The Hall–Kier alpha value is -0.610. The predicted molar refractivity (Wildman–Crippen MR) is 70.8 cm³/mol. The molecule has 0 aromatic carbocycles. The second-order valence-corrected chi connectivity index (χ2v) is 4.92. The zero-order valence-electron chi connectivity index (χ0n) is 11.3. The Balaban J connectivity index is 2.30. The van der Waals surface area contributed by atoms with Gasteiger partial charge in [-0.15, -0.1) is 0 Å². The maximum absolute atomic E-state index is 12.1. The van der Waals surface area contributed by atoms with Crippen LogP contribution in [0.3, 0.4) is 0 Å². The summed E-state index contributed by atoms with van der Waals surface area (Å²) in [5.41, 5.74) is 5.92. The molecule has 0 aliphatic carbocycles. The number of unbranched alkanes of at least 4 members (excludes halogenated alkanes) is 1. The standard InChI is InChI=1S/C13H27N3O/c1-3-5-6-12(14)13(17)16-10-8-15(7-4-2)9-11-16/h12H,3-11,14H2,1-2H3. The van der Waals surface area contributed by atoms with Crippen LogP contribution in [0, 0.1) is 0 Å². The van der Waals surface area contributed by atoms with Gasteiger partial charge in [0.25, 0.3) is 0 Å². The third-order valence-corrected chi connectivity index (χ3v) is 3.41. The van der Waals surface area contributed by atoms with Crippen molar-refractivity contribution in [1.29, 1.82) is 0 Å². The van der Waals surface area contributed by atoms with Gasteiger partial charge in [-0.3, -0.25) is 9.69 Å². The van der Waals surface area contributed by atoms with Gasteiger partial charge in [0, 0.05) is 26.2 Å². The molecule has 0 radical (unpaired) electrons. The van der Waals surface area contributed by atoms with Gasteiger partial charge in [0.1, 0.15) is 0 Å². The molecule has 1 saturated heterocycles. The van der Waals surface area contributed by atoms with Crippen molar-refractivity contribution in [1.82, 2.24) is 9.80 Å². The largest absolute Gasteiger partial charge is 0.339 e. The van der Waals surface area contributed by atoms with Gasteiger partial charge in [0.05, 0.1) is 6.04 Å². The second kappa shape index (κ2) is 7.67. The summed E-state index contributed by atoms with van der Waals surface area (Å²) in [6, 6.07) is -0.285. The molecule has 4 heteroatoms. The molecule has 1 fully saturated rings. The SMILES string of the molecule is CCCCC(N)C(=O)N1CCN(CCC)CC1. The van der Waals surface area contributed by atoms with Crippen molar-refractivity contribution in [3.63, 3.8) is 0 Å². The quantitative estimate of drug-likeness (QED) is 0.756. The highest BCUT2D eigenvalue weighted by Gasteiger charge is 2.24. The highest BCUT2D eigenvalue weighted by molar-refractivity contribution is 5.81. The first-order valence-corrected chi connectivity index (χ1v) is 6.95. The minimum absolute atomic E-state index is 0.148. The molecule has 1 aliphatic heterocycles. The number of hydrogen-bond donors (Lipinski definition) is 1. The van der Waals surface area contributed by atoms with Gasteiger partial charge >= 0.3 is 0 Å². The van der Waals surface area contributed by atoms with Crippen molar-refractivity contribution >= 4 is 5.91 Å². The van der Waals surface area contributed by atoms with E-state index in [2.05, 4.69) is 18.7 Å². The lowest BCUT2D eigenvalue weighted by Gasteiger charge is -2.35. The zero-order chi connectivity index (χ0) is 12.7. The number of carbonyl (C=O) groups excluding carboxylic acids is 1. The average Bonchev–Trinajstić information content (AvgIpc) is 2.36. The lowest BCUT2D eigenvalue weighted by Crippen LogP contribution is -2.53. The molecule has 1 atom stereocenters. The third-order valence-electron chi connectivity index (χ3n) is 3.41. The number of rotatable bonds is 6. The molecule has 1 rings (SSSR count). The van der Waals surface area contributed by atoms with Crippen LogP contribution >= 0.6 is 0 Å². The van der Waals surface area contributed by atoms with Gasteiger partial charge in [-0.05, 0) is 19.4 Å². The summed E-state index contributed by atoms with van der Waals surface area (Å²) in [5, 5.41) is 0. The van der Waals surface area contributed by atoms with Crippen LogP contribution in [-0.4, -0.2) is 54.5 Å². The molecule has 1 amide bonds. The first kappa shape index (κ1) is 14.5. The molecular weight excluding hydrogens is 214 g/mol. The van der Waals surface area contributed by atoms with Crippen LogP contribution < -0.4 is 5.73 Å². The summed E-state index contributed by atoms with van der Waals surface area (Å²) in [6.07, 6.45) is 4.16. The Bertz CT molecular complexity index is 225. The number of hydrogen-bond acceptors (Lipinski definition) is 3. The molecule has 17 heavy (non-hydrogen) atoms. The molecule has 0 aromatic rings. The van der Waals surface area contributed by atoms with Crippen molar-refractivity contribution in [3.05, 3.63) is 0 Å². The molecule has 4 nitrogen and oxygen atoms in total. The van der Waals surface area contributed by atoms with Crippen LogP contribution in [0.2, 0.25) is 0 Å². The van der Waals surface area contributed by atoms with Gasteiger partial charge in [-0.1, -0.05) is 26.7 Å².